The second-order valence-electron chi connectivity index (χ2n) is 5.09. The van der Waals surface area contributed by atoms with Crippen molar-refractivity contribution in [2.45, 2.75) is 22.8 Å². The molecule has 3 rings (SSSR count). The van der Waals surface area contributed by atoms with Crippen LogP contribution >= 0.6 is 11.8 Å². The summed E-state index contributed by atoms with van der Waals surface area (Å²) >= 11 is 1.18. The Labute approximate surface area is 135 Å². The van der Waals surface area contributed by atoms with Gasteiger partial charge in [0.05, 0.1) is 30.5 Å². The summed E-state index contributed by atoms with van der Waals surface area (Å²) in [6.45, 7) is -0.324. The van der Waals surface area contributed by atoms with Gasteiger partial charge in [0.2, 0.25) is 0 Å². The highest BCUT2D eigenvalue weighted by atomic mass is 32.2. The largest absolute Gasteiger partial charge is 0.395 e. The first kappa shape index (κ1) is 16.4. The van der Waals surface area contributed by atoms with Crippen LogP contribution in [0.4, 0.5) is 5.82 Å². The molecule has 3 heterocycles. The van der Waals surface area contributed by atoms with Crippen LogP contribution in [0.5, 0.6) is 0 Å². The lowest BCUT2D eigenvalue weighted by atomic mass is 10.1. The molecule has 126 valence electrons. The third-order valence-corrected chi connectivity index (χ3v) is 5.56. The monoisotopic (exact) mass is 361 g/mol. The first-order chi connectivity index (χ1) is 10.8. The van der Waals surface area contributed by atoms with Crippen molar-refractivity contribution in [3.63, 3.8) is 0 Å². The number of nitrogen functional groups attached to an aromatic ring is 1. The van der Waals surface area contributed by atoms with Gasteiger partial charge in [-0.25, -0.2) is 15.0 Å². The van der Waals surface area contributed by atoms with Crippen LogP contribution < -0.4 is 5.73 Å². The maximum atomic E-state index is 11.5. The van der Waals surface area contributed by atoms with Gasteiger partial charge in [-0.3, -0.25) is 8.75 Å². The van der Waals surface area contributed by atoms with Crippen LogP contribution in [0, 0.1) is 0 Å². The lowest BCUT2D eigenvalue weighted by Crippen LogP contribution is -2.36. The van der Waals surface area contributed by atoms with Crippen molar-refractivity contribution in [3.8, 4) is 0 Å². The zero-order valence-electron chi connectivity index (χ0n) is 12.0. The number of thioether (sulfide) groups is 1. The molecular formula is C11H15N5O5S2. The fourth-order valence-electron chi connectivity index (χ4n) is 2.45. The van der Waals surface area contributed by atoms with Crippen molar-refractivity contribution >= 4 is 38.9 Å². The molecule has 1 saturated heterocycles. The van der Waals surface area contributed by atoms with Gasteiger partial charge in [-0.1, -0.05) is 0 Å². The molecule has 0 radical (unpaired) electrons. The van der Waals surface area contributed by atoms with E-state index in [2.05, 4.69) is 15.0 Å². The normalized spacial score (nSPS) is 28.5. The number of aliphatic hydroxyl groups is 2. The van der Waals surface area contributed by atoms with E-state index >= 15 is 0 Å². The van der Waals surface area contributed by atoms with Gasteiger partial charge in [-0.05, 0) is 0 Å². The average molecular weight is 361 g/mol. The van der Waals surface area contributed by atoms with Gasteiger partial charge in [0.1, 0.15) is 23.3 Å². The maximum Gasteiger partial charge on any atom is 0.264 e. The number of imidazole rings is 1. The highest BCUT2D eigenvalue weighted by Gasteiger charge is 2.47. The summed E-state index contributed by atoms with van der Waals surface area (Å²) in [7, 11) is -3.80. The Balaban J connectivity index is 2.05. The second-order valence-corrected chi connectivity index (χ2v) is 8.05. The molecule has 4 atom stereocenters. The summed E-state index contributed by atoms with van der Waals surface area (Å²) in [6.07, 6.45) is 1.35. The summed E-state index contributed by atoms with van der Waals surface area (Å²) in [5.41, 5.74) is 6.50. The minimum atomic E-state index is -3.80. The molecule has 0 aliphatic carbocycles. The van der Waals surface area contributed by atoms with Crippen LogP contribution in [0.1, 0.15) is 5.37 Å². The van der Waals surface area contributed by atoms with Crippen molar-refractivity contribution in [3.05, 3.63) is 12.7 Å². The number of aliphatic hydroxyl groups excluding tert-OH is 2. The lowest BCUT2D eigenvalue weighted by Gasteiger charge is -2.21. The minimum absolute atomic E-state index is 0.191. The van der Waals surface area contributed by atoms with E-state index in [4.69, 9.17) is 9.92 Å². The number of nitrogens with two attached hydrogens (primary N) is 1. The fraction of sp³-hybridized carbons (Fsp3) is 0.545. The van der Waals surface area contributed by atoms with E-state index in [-0.39, 0.29) is 12.4 Å². The highest BCUT2D eigenvalue weighted by Crippen LogP contribution is 2.44. The molecule has 10 nitrogen and oxygen atoms in total. The predicted molar refractivity (Wildman–Crippen MR) is 83.0 cm³/mol. The van der Waals surface area contributed by atoms with Gasteiger partial charge in [0, 0.05) is 0 Å². The van der Waals surface area contributed by atoms with Gasteiger partial charge in [-0.2, -0.15) is 8.42 Å². The maximum absolute atomic E-state index is 11.5. The Kier molecular flexibility index (Phi) is 4.18. The molecule has 2 aromatic heterocycles. The fourth-order valence-corrected chi connectivity index (χ4v) is 4.56. The first-order valence-electron chi connectivity index (χ1n) is 6.57. The van der Waals surface area contributed by atoms with Crippen LogP contribution in [-0.2, 0) is 14.3 Å². The Hall–Kier alpha value is -1.47. The van der Waals surface area contributed by atoms with E-state index in [0.29, 0.717) is 11.2 Å². The molecule has 0 unspecified atom stereocenters. The second kappa shape index (κ2) is 5.87. The zero-order valence-corrected chi connectivity index (χ0v) is 13.6. The number of fused-ring (bicyclic) bond motifs is 1. The number of anilines is 1. The van der Waals surface area contributed by atoms with Gasteiger partial charge in [-0.15, -0.1) is 11.8 Å². The molecule has 2 aromatic rings. The Morgan fingerprint density at radius 1 is 1.43 bits per heavy atom. The average Bonchev–Trinajstić information content (AvgIpc) is 3.01. The van der Waals surface area contributed by atoms with Crippen LogP contribution in [0.2, 0.25) is 0 Å². The van der Waals surface area contributed by atoms with E-state index in [0.717, 1.165) is 6.26 Å². The Bertz CT molecular complexity index is 825. The quantitative estimate of drug-likeness (QED) is 0.561. The molecule has 0 spiro atoms. The summed E-state index contributed by atoms with van der Waals surface area (Å²) in [6, 6.07) is 0. The number of hydrogen-bond donors (Lipinski definition) is 3. The highest BCUT2D eigenvalue weighted by molar-refractivity contribution is 8.00. The number of aromatic nitrogens is 4. The SMILES string of the molecule is CS(=O)(=O)O[C@@H]1[C@@H](O)[C@@H](CO)S[C@H]1n1cnc2c(N)ncnc21. The molecule has 4 N–H and O–H groups in total. The van der Waals surface area contributed by atoms with Crippen LogP contribution in [0.25, 0.3) is 11.2 Å². The molecule has 0 saturated carbocycles. The third kappa shape index (κ3) is 2.99. The van der Waals surface area contributed by atoms with E-state index < -0.39 is 32.9 Å². The van der Waals surface area contributed by atoms with E-state index in [1.807, 2.05) is 0 Å². The molecule has 0 bridgehead atoms. The van der Waals surface area contributed by atoms with Gasteiger partial charge >= 0.3 is 0 Å². The van der Waals surface area contributed by atoms with Crippen LogP contribution in [0.3, 0.4) is 0 Å². The standard InChI is InChI=1S/C11H15N5O5S2/c1-23(19,20)21-8-7(18)5(2-17)22-11(8)16-4-15-6-9(12)13-3-14-10(6)16/h3-5,7-8,11,17-18H,2H2,1H3,(H2,12,13,14)/t5-,7+,8-,11-/m1/s1. The van der Waals surface area contributed by atoms with E-state index in [9.17, 15) is 18.6 Å². The molecule has 1 fully saturated rings. The Morgan fingerprint density at radius 2 is 2.17 bits per heavy atom. The molecule has 0 amide bonds. The van der Waals surface area contributed by atoms with Gasteiger partial charge in [0.25, 0.3) is 10.1 Å². The molecular weight excluding hydrogens is 346 g/mol. The van der Waals surface area contributed by atoms with Gasteiger partial charge in [0.15, 0.2) is 11.5 Å². The zero-order chi connectivity index (χ0) is 16.8. The predicted octanol–water partition coefficient (Wildman–Crippen LogP) is -1.28. The summed E-state index contributed by atoms with van der Waals surface area (Å²) in [5, 5.41) is 18.4. The van der Waals surface area contributed by atoms with Gasteiger partial charge < -0.3 is 15.9 Å². The van der Waals surface area contributed by atoms with Crippen molar-refractivity contribution < 1.29 is 22.8 Å². The smallest absolute Gasteiger partial charge is 0.264 e. The summed E-state index contributed by atoms with van der Waals surface area (Å²) < 4.78 is 29.6. The van der Waals surface area contributed by atoms with Crippen molar-refractivity contribution in [1.29, 1.82) is 0 Å². The van der Waals surface area contributed by atoms with Crippen molar-refractivity contribution in [2.75, 3.05) is 18.6 Å². The summed E-state index contributed by atoms with van der Waals surface area (Å²) in [5.74, 6) is 0.191. The van der Waals surface area contributed by atoms with E-state index in [1.165, 1.54) is 24.4 Å². The van der Waals surface area contributed by atoms with Crippen LogP contribution in [-0.4, -0.2) is 68.5 Å². The first-order valence-corrected chi connectivity index (χ1v) is 9.33. The number of hydrogen-bond acceptors (Lipinski definition) is 10. The summed E-state index contributed by atoms with van der Waals surface area (Å²) in [4.78, 5) is 12.1. The molecule has 0 aromatic carbocycles. The lowest BCUT2D eigenvalue weighted by molar-refractivity contribution is 0.0310. The van der Waals surface area contributed by atoms with E-state index in [1.54, 1.807) is 4.57 Å². The third-order valence-electron chi connectivity index (χ3n) is 3.44. The molecule has 1 aliphatic rings. The number of rotatable bonds is 4. The van der Waals surface area contributed by atoms with Crippen molar-refractivity contribution in [1.82, 2.24) is 19.5 Å². The molecule has 23 heavy (non-hydrogen) atoms. The van der Waals surface area contributed by atoms with Crippen LogP contribution in [0.15, 0.2) is 12.7 Å². The molecule has 1 aliphatic heterocycles. The topological polar surface area (TPSA) is 153 Å². The Morgan fingerprint density at radius 3 is 2.83 bits per heavy atom. The number of nitrogens with zero attached hydrogens (tertiary/aromatic N) is 4. The minimum Gasteiger partial charge on any atom is -0.395 e. The molecule has 12 heteroatoms. The van der Waals surface area contributed by atoms with Crippen molar-refractivity contribution in [2.24, 2.45) is 0 Å².